The molecule has 0 radical (unpaired) electrons. The van der Waals surface area contributed by atoms with Gasteiger partial charge in [0.05, 0.1) is 11.1 Å². The molecule has 2 N–H and O–H groups in total. The van der Waals surface area contributed by atoms with Gasteiger partial charge in [-0.1, -0.05) is 30.5 Å². The Morgan fingerprint density at radius 3 is 2.62 bits per heavy atom. The number of fused-ring (bicyclic) bond motifs is 1. The molecule has 3 aromatic rings. The fraction of sp³-hybridized carbons (Fsp3) is 0.350. The van der Waals surface area contributed by atoms with Gasteiger partial charge in [0.1, 0.15) is 5.52 Å². The number of hydrogen-bond donors (Lipinski definition) is 2. The molecular weight excluding hydrogens is 390 g/mol. The van der Waals surface area contributed by atoms with Crippen molar-refractivity contribution in [2.75, 3.05) is 5.43 Å². The molecule has 1 aliphatic carbocycles. The molecular formula is C20H23N5O3S. The van der Waals surface area contributed by atoms with E-state index in [1.165, 1.54) is 25.2 Å². The third kappa shape index (κ3) is 4.09. The van der Waals surface area contributed by atoms with Crippen molar-refractivity contribution in [2.45, 2.75) is 43.9 Å². The van der Waals surface area contributed by atoms with Crippen LogP contribution in [-0.4, -0.2) is 28.3 Å². The second-order valence-corrected chi connectivity index (χ2v) is 9.24. The van der Waals surface area contributed by atoms with Crippen molar-refractivity contribution in [2.24, 2.45) is 5.92 Å². The number of aromatic nitrogens is 3. The third-order valence-electron chi connectivity index (χ3n) is 5.21. The SMILES string of the molecule is Cc1ccc(S(=O)(=O)n2ccc3nc(NNC(=O)CC4CCCC4)cnc32)cc1. The number of carbonyl (C=O) groups excluding carboxylic acids is 1. The molecule has 152 valence electrons. The summed E-state index contributed by atoms with van der Waals surface area (Å²) in [6.45, 7) is 1.90. The van der Waals surface area contributed by atoms with Crippen molar-refractivity contribution in [3.8, 4) is 0 Å². The quantitative estimate of drug-likeness (QED) is 0.602. The number of carbonyl (C=O) groups is 1. The largest absolute Gasteiger partial charge is 0.281 e. The van der Waals surface area contributed by atoms with Gasteiger partial charge in [0.2, 0.25) is 5.91 Å². The summed E-state index contributed by atoms with van der Waals surface area (Å²) in [5, 5.41) is 0. The molecule has 2 aromatic heterocycles. The summed E-state index contributed by atoms with van der Waals surface area (Å²) in [6.07, 6.45) is 7.91. The topological polar surface area (TPSA) is 106 Å². The van der Waals surface area contributed by atoms with E-state index in [1.807, 2.05) is 6.92 Å². The predicted molar refractivity (Wildman–Crippen MR) is 110 cm³/mol. The lowest BCUT2D eigenvalue weighted by Gasteiger charge is -2.11. The van der Waals surface area contributed by atoms with Crippen LogP contribution in [-0.2, 0) is 14.8 Å². The van der Waals surface area contributed by atoms with Gasteiger partial charge in [0.25, 0.3) is 10.0 Å². The summed E-state index contributed by atoms with van der Waals surface area (Å²) < 4.78 is 26.9. The molecule has 0 spiro atoms. The first kappa shape index (κ1) is 19.4. The Morgan fingerprint density at radius 2 is 1.90 bits per heavy atom. The lowest BCUT2D eigenvalue weighted by molar-refractivity contribution is -0.121. The Kier molecular flexibility index (Phi) is 5.23. The minimum absolute atomic E-state index is 0.0849. The molecule has 0 unspecified atom stereocenters. The van der Waals surface area contributed by atoms with E-state index < -0.39 is 10.0 Å². The molecule has 0 atom stereocenters. The van der Waals surface area contributed by atoms with E-state index in [0.717, 1.165) is 22.4 Å². The van der Waals surface area contributed by atoms with Crippen molar-refractivity contribution in [3.63, 3.8) is 0 Å². The van der Waals surface area contributed by atoms with Crippen LogP contribution in [0.25, 0.3) is 11.2 Å². The monoisotopic (exact) mass is 413 g/mol. The van der Waals surface area contributed by atoms with Crippen LogP contribution < -0.4 is 10.9 Å². The minimum Gasteiger partial charge on any atom is -0.281 e. The fourth-order valence-electron chi connectivity index (χ4n) is 3.63. The Hall–Kier alpha value is -2.94. The van der Waals surface area contributed by atoms with Crippen molar-refractivity contribution in [1.29, 1.82) is 0 Å². The van der Waals surface area contributed by atoms with E-state index >= 15 is 0 Å². The standard InChI is InChI=1S/C20H23N5O3S/c1-14-6-8-16(9-7-14)29(27,28)25-11-10-17-20(25)21-13-18(22-17)23-24-19(26)12-15-4-2-3-5-15/h6-11,13,15H,2-5,12H2,1H3,(H,22,23)(H,24,26). The van der Waals surface area contributed by atoms with Crippen LogP contribution in [0.5, 0.6) is 0 Å². The highest BCUT2D eigenvalue weighted by Gasteiger charge is 2.21. The van der Waals surface area contributed by atoms with E-state index in [4.69, 9.17) is 0 Å². The molecule has 1 aliphatic rings. The summed E-state index contributed by atoms with van der Waals surface area (Å²) >= 11 is 0. The Labute approximate surface area is 169 Å². The molecule has 29 heavy (non-hydrogen) atoms. The maximum atomic E-state index is 12.9. The summed E-state index contributed by atoms with van der Waals surface area (Å²) in [6, 6.07) is 8.22. The number of hydrogen-bond acceptors (Lipinski definition) is 6. The first-order chi connectivity index (χ1) is 13.9. The average molecular weight is 414 g/mol. The van der Waals surface area contributed by atoms with E-state index in [2.05, 4.69) is 20.8 Å². The van der Waals surface area contributed by atoms with Crippen LogP contribution in [0.4, 0.5) is 5.82 Å². The molecule has 1 aromatic carbocycles. The van der Waals surface area contributed by atoms with Gasteiger partial charge in [0.15, 0.2) is 11.5 Å². The molecule has 1 saturated carbocycles. The predicted octanol–water partition coefficient (Wildman–Crippen LogP) is 3.00. The smallest absolute Gasteiger partial charge is 0.269 e. The van der Waals surface area contributed by atoms with E-state index in [-0.39, 0.29) is 16.4 Å². The average Bonchev–Trinajstić information content (AvgIpc) is 3.36. The van der Waals surface area contributed by atoms with Gasteiger partial charge < -0.3 is 0 Å². The number of rotatable bonds is 6. The summed E-state index contributed by atoms with van der Waals surface area (Å²) in [5.41, 5.74) is 7.03. The summed E-state index contributed by atoms with van der Waals surface area (Å²) in [7, 11) is -3.77. The zero-order valence-corrected chi connectivity index (χ0v) is 16.9. The number of nitrogens with zero attached hydrogens (tertiary/aromatic N) is 3. The zero-order chi connectivity index (χ0) is 20.4. The van der Waals surface area contributed by atoms with Gasteiger partial charge in [-0.2, -0.15) is 0 Å². The van der Waals surface area contributed by atoms with Gasteiger partial charge in [0, 0.05) is 12.6 Å². The van der Waals surface area contributed by atoms with E-state index in [0.29, 0.717) is 23.7 Å². The second-order valence-electron chi connectivity index (χ2n) is 7.42. The third-order valence-corrected chi connectivity index (χ3v) is 6.89. The molecule has 0 aliphatic heterocycles. The zero-order valence-electron chi connectivity index (χ0n) is 16.1. The summed E-state index contributed by atoms with van der Waals surface area (Å²) in [4.78, 5) is 20.8. The Balaban J connectivity index is 1.50. The molecule has 0 saturated heterocycles. The Bertz CT molecular complexity index is 1130. The molecule has 1 amide bonds. The van der Waals surface area contributed by atoms with Crippen molar-refractivity contribution < 1.29 is 13.2 Å². The Morgan fingerprint density at radius 1 is 1.17 bits per heavy atom. The fourth-order valence-corrected chi connectivity index (χ4v) is 4.92. The van der Waals surface area contributed by atoms with Crippen LogP contribution >= 0.6 is 0 Å². The lowest BCUT2D eigenvalue weighted by atomic mass is 10.0. The van der Waals surface area contributed by atoms with Crippen LogP contribution in [0, 0.1) is 12.8 Å². The van der Waals surface area contributed by atoms with Crippen LogP contribution in [0.1, 0.15) is 37.7 Å². The molecule has 2 heterocycles. The molecule has 0 bridgehead atoms. The molecule has 8 nitrogen and oxygen atoms in total. The van der Waals surface area contributed by atoms with Gasteiger partial charge >= 0.3 is 0 Å². The van der Waals surface area contributed by atoms with Crippen molar-refractivity contribution >= 4 is 32.9 Å². The van der Waals surface area contributed by atoms with Crippen molar-refractivity contribution in [3.05, 3.63) is 48.3 Å². The van der Waals surface area contributed by atoms with Crippen LogP contribution in [0.2, 0.25) is 0 Å². The molecule has 9 heteroatoms. The van der Waals surface area contributed by atoms with Crippen molar-refractivity contribution in [1.82, 2.24) is 19.4 Å². The first-order valence-corrected chi connectivity index (χ1v) is 11.1. The first-order valence-electron chi connectivity index (χ1n) is 9.65. The summed E-state index contributed by atoms with van der Waals surface area (Å²) in [5.74, 6) is 0.715. The highest BCUT2D eigenvalue weighted by Crippen LogP contribution is 2.27. The minimum atomic E-state index is -3.77. The van der Waals surface area contributed by atoms with Gasteiger partial charge in [-0.25, -0.2) is 22.4 Å². The molecule has 1 fully saturated rings. The van der Waals surface area contributed by atoms with Gasteiger partial charge in [-0.3, -0.25) is 15.6 Å². The lowest BCUT2D eigenvalue weighted by Crippen LogP contribution is -2.31. The van der Waals surface area contributed by atoms with E-state index in [9.17, 15) is 13.2 Å². The van der Waals surface area contributed by atoms with Gasteiger partial charge in [-0.05, 0) is 43.9 Å². The maximum Gasteiger partial charge on any atom is 0.269 e. The van der Waals surface area contributed by atoms with Crippen LogP contribution in [0.3, 0.4) is 0 Å². The second kappa shape index (κ2) is 7.82. The number of hydrazine groups is 1. The number of amides is 1. The number of nitrogens with one attached hydrogen (secondary N) is 2. The number of benzene rings is 1. The molecule has 4 rings (SSSR count). The highest BCUT2D eigenvalue weighted by molar-refractivity contribution is 7.90. The van der Waals surface area contributed by atoms with Gasteiger partial charge in [-0.15, -0.1) is 0 Å². The van der Waals surface area contributed by atoms with Crippen LogP contribution in [0.15, 0.2) is 47.6 Å². The highest BCUT2D eigenvalue weighted by atomic mass is 32.2. The normalized spacial score (nSPS) is 14.9. The number of anilines is 1. The van der Waals surface area contributed by atoms with E-state index in [1.54, 1.807) is 30.3 Å². The maximum absolute atomic E-state index is 12.9. The number of aryl methyl sites for hydroxylation is 1.